The second kappa shape index (κ2) is 18.9. The molecule has 4 nitrogen and oxygen atoms in total. The van der Waals surface area contributed by atoms with Crippen LogP contribution in [0, 0.1) is 25.8 Å². The Hall–Kier alpha value is -7.17. The van der Waals surface area contributed by atoms with Crippen molar-refractivity contribution in [3.05, 3.63) is 210 Å². The van der Waals surface area contributed by atoms with Gasteiger partial charge in [0.05, 0.1) is 22.4 Å². The van der Waals surface area contributed by atoms with Gasteiger partial charge in [-0.2, -0.15) is 0 Å². The summed E-state index contributed by atoms with van der Waals surface area (Å²) in [4.78, 5) is 9.87. The quantitative estimate of drug-likeness (QED) is 0.123. The van der Waals surface area contributed by atoms with Gasteiger partial charge in [-0.25, -0.2) is 0 Å². The first-order chi connectivity index (χ1) is 36.2. The van der Waals surface area contributed by atoms with Crippen molar-refractivity contribution in [3.8, 4) is 39.5 Å². The van der Waals surface area contributed by atoms with Crippen molar-refractivity contribution in [2.45, 2.75) is 79.4 Å². The number of benzene rings is 9. The Balaban J connectivity index is 0.000000271. The van der Waals surface area contributed by atoms with Crippen LogP contribution in [0.15, 0.2) is 174 Å². The number of pyridine rings is 1. The van der Waals surface area contributed by atoms with Crippen LogP contribution in [0.3, 0.4) is 0 Å². The maximum Gasteiger partial charge on any atom is 0.121 e. The third-order valence-corrected chi connectivity index (χ3v) is 13.6. The van der Waals surface area contributed by atoms with E-state index in [9.17, 15) is 0 Å². The summed E-state index contributed by atoms with van der Waals surface area (Å²) in [6.45, 7) is 10.9. The van der Waals surface area contributed by atoms with Crippen LogP contribution in [0.4, 0.5) is 0 Å². The Morgan fingerprint density at radius 1 is 0.620 bits per heavy atom. The average molecular weight is 1110 g/mol. The minimum Gasteiger partial charge on any atom is -0.501 e. The molecule has 0 aliphatic heterocycles. The summed E-state index contributed by atoms with van der Waals surface area (Å²) in [5.74, 6) is 0.993. The standard InChI is InChI=1S/C50H39N2O.C16H18N.Ir/c1-29(2)40-25-36(32-13-7-6-8-14-32)26-41(30(3)4)47(40)52-48-38-18-12-10-16-34(38)22-24-44(48)51-50(52)39-23-19-31(5)46-43-28-42-35(27-45(43)53-49(39)46)21-20-33-15-9-11-17-37(33)42;1-12-5-7-13(8-6-12)15-10-9-14(11-17-15)16(2,3)4;/h6-22,24-30H,1-5H3;5-7,9-11H,1-4H3;/q2*-1;/i5D3;1D3;. The Bertz CT molecular complexity index is 4080. The number of imidazole rings is 1. The number of rotatable bonds is 6. The molecule has 3 aromatic heterocycles. The Kier molecular flexibility index (Phi) is 10.8. The molecule has 0 saturated heterocycles. The van der Waals surface area contributed by atoms with Crippen LogP contribution < -0.4 is 0 Å². The molecule has 12 rings (SSSR count). The molecule has 353 valence electrons. The molecule has 5 heteroatoms. The maximum absolute atomic E-state index is 8.69. The fraction of sp³-hybridized carbons (Fsp3) is 0.182. The minimum atomic E-state index is -2.41. The zero-order valence-corrected chi connectivity index (χ0v) is 43.3. The fourth-order valence-electron chi connectivity index (χ4n) is 9.91. The molecule has 71 heavy (non-hydrogen) atoms. The predicted octanol–water partition coefficient (Wildman–Crippen LogP) is 18.2. The number of furan rings is 1. The second-order valence-electron chi connectivity index (χ2n) is 20.0. The third kappa shape index (κ3) is 8.66. The first-order valence-corrected chi connectivity index (χ1v) is 24.1. The van der Waals surface area contributed by atoms with Crippen LogP contribution in [-0.2, 0) is 25.5 Å². The molecule has 0 N–H and O–H groups in total. The van der Waals surface area contributed by atoms with E-state index in [1.54, 1.807) is 18.2 Å². The molecule has 0 amide bonds. The van der Waals surface area contributed by atoms with Crippen molar-refractivity contribution in [1.82, 2.24) is 14.5 Å². The van der Waals surface area contributed by atoms with Gasteiger partial charge in [0.2, 0.25) is 0 Å². The molecular weight excluding hydrogens is 1040 g/mol. The topological polar surface area (TPSA) is 43.9 Å². The van der Waals surface area contributed by atoms with Gasteiger partial charge in [-0.3, -0.25) is 4.98 Å². The Morgan fingerprint density at radius 3 is 1.97 bits per heavy atom. The van der Waals surface area contributed by atoms with Gasteiger partial charge in [-0.15, -0.1) is 53.1 Å². The fourth-order valence-corrected chi connectivity index (χ4v) is 9.91. The number of aryl methyl sites for hydroxylation is 2. The summed E-state index contributed by atoms with van der Waals surface area (Å²) in [6, 6.07) is 61.5. The van der Waals surface area contributed by atoms with Gasteiger partial charge >= 0.3 is 0 Å². The van der Waals surface area contributed by atoms with Crippen LogP contribution in [0.1, 0.15) is 96.3 Å². The molecule has 1 radical (unpaired) electrons. The van der Waals surface area contributed by atoms with E-state index < -0.39 is 13.7 Å². The van der Waals surface area contributed by atoms with E-state index in [2.05, 4.69) is 179 Å². The van der Waals surface area contributed by atoms with Crippen LogP contribution in [0.25, 0.3) is 105 Å². The van der Waals surface area contributed by atoms with Crippen LogP contribution in [0.2, 0.25) is 0 Å². The molecule has 0 spiro atoms. The molecule has 0 fully saturated rings. The molecular formula is C66H57IrN3O-2. The third-order valence-electron chi connectivity index (χ3n) is 13.6. The van der Waals surface area contributed by atoms with Gasteiger partial charge in [-0.05, 0) is 108 Å². The van der Waals surface area contributed by atoms with Crippen molar-refractivity contribution >= 4 is 65.3 Å². The van der Waals surface area contributed by atoms with Gasteiger partial charge < -0.3 is 14.0 Å². The van der Waals surface area contributed by atoms with E-state index in [1.165, 1.54) is 33.9 Å². The summed E-state index contributed by atoms with van der Waals surface area (Å²) in [6.07, 6.45) is 1.86. The van der Waals surface area contributed by atoms with Crippen molar-refractivity contribution in [2.24, 2.45) is 0 Å². The van der Waals surface area contributed by atoms with Crippen molar-refractivity contribution in [1.29, 1.82) is 0 Å². The van der Waals surface area contributed by atoms with Gasteiger partial charge in [0.15, 0.2) is 0 Å². The van der Waals surface area contributed by atoms with Crippen molar-refractivity contribution in [2.75, 3.05) is 0 Å². The van der Waals surface area contributed by atoms with Gasteiger partial charge in [-0.1, -0.05) is 182 Å². The molecule has 0 saturated carbocycles. The number of hydrogen-bond donors (Lipinski definition) is 0. The van der Waals surface area contributed by atoms with Gasteiger partial charge in [0.25, 0.3) is 0 Å². The van der Waals surface area contributed by atoms with E-state index in [4.69, 9.17) is 17.6 Å². The smallest absolute Gasteiger partial charge is 0.121 e. The molecule has 0 bridgehead atoms. The zero-order valence-electron chi connectivity index (χ0n) is 46.9. The molecule has 0 atom stereocenters. The van der Waals surface area contributed by atoms with Crippen molar-refractivity contribution < 1.29 is 32.7 Å². The predicted molar refractivity (Wildman–Crippen MR) is 295 cm³/mol. The largest absolute Gasteiger partial charge is 0.501 e. The molecule has 9 aromatic carbocycles. The minimum absolute atomic E-state index is 0. The molecule has 0 unspecified atom stereocenters. The van der Waals surface area contributed by atoms with Crippen LogP contribution in [0.5, 0.6) is 0 Å². The normalized spacial score (nSPS) is 13.5. The molecule has 0 aliphatic rings. The number of fused-ring (bicyclic) bond motifs is 9. The van der Waals surface area contributed by atoms with E-state index in [1.807, 2.05) is 36.5 Å². The molecule has 12 aromatic rings. The van der Waals surface area contributed by atoms with Crippen LogP contribution >= 0.6 is 0 Å². The zero-order chi connectivity index (χ0) is 53.4. The summed E-state index contributed by atoms with van der Waals surface area (Å²) >= 11 is 0. The summed E-state index contributed by atoms with van der Waals surface area (Å²) in [5, 5.41) is 7.82. The number of hydrogen-bond acceptors (Lipinski definition) is 3. The monoisotopic (exact) mass is 1110 g/mol. The maximum atomic E-state index is 8.69. The Labute approximate surface area is 439 Å². The second-order valence-corrected chi connectivity index (χ2v) is 20.0. The summed E-state index contributed by atoms with van der Waals surface area (Å²) < 4.78 is 57.3. The van der Waals surface area contributed by atoms with Gasteiger partial charge in [0, 0.05) is 51.0 Å². The van der Waals surface area contributed by atoms with E-state index in [0.717, 1.165) is 65.7 Å². The average Bonchev–Trinajstić information content (AvgIpc) is 4.06. The van der Waals surface area contributed by atoms with Gasteiger partial charge in [0.1, 0.15) is 5.58 Å². The first-order valence-electron chi connectivity index (χ1n) is 27.1. The number of aromatic nitrogens is 3. The number of nitrogens with zero attached hydrogens (tertiary/aromatic N) is 3. The first kappa shape index (κ1) is 40.5. The van der Waals surface area contributed by atoms with E-state index in [-0.39, 0.29) is 42.9 Å². The Morgan fingerprint density at radius 2 is 1.31 bits per heavy atom. The van der Waals surface area contributed by atoms with E-state index >= 15 is 0 Å². The summed E-state index contributed by atoms with van der Waals surface area (Å²) in [5.41, 5.74) is 12.7. The molecule has 0 aliphatic carbocycles. The summed E-state index contributed by atoms with van der Waals surface area (Å²) in [7, 11) is 0. The van der Waals surface area contributed by atoms with E-state index in [0.29, 0.717) is 33.5 Å². The van der Waals surface area contributed by atoms with Crippen molar-refractivity contribution in [3.63, 3.8) is 0 Å². The van der Waals surface area contributed by atoms with Crippen LogP contribution in [-0.4, -0.2) is 14.5 Å². The molecule has 3 heterocycles. The SMILES string of the molecule is [2H]C([2H])([2H])c1c[c-]c(-c2ccc(C(C)(C)C)cn2)cc1.[2H]C([2H])([2H])c1c[c-]c(-c2nc3ccc4ccccc4c3n2-c2c(C(C)C)cc(-c3ccccc3)cc2C(C)C)c2oc3cc4ccc5ccccc5c4cc3c12.[Ir].